The second-order valence-electron chi connectivity index (χ2n) is 7.61. The normalized spacial score (nSPS) is 11.5. The summed E-state index contributed by atoms with van der Waals surface area (Å²) in [5.74, 6) is 0. The lowest BCUT2D eigenvalue weighted by Gasteiger charge is -2.13. The second kappa shape index (κ2) is 6.97. The van der Waals surface area contributed by atoms with Gasteiger partial charge in [0.05, 0.1) is 27.5 Å². The van der Waals surface area contributed by atoms with Crippen LogP contribution in [0, 0.1) is 0 Å². The lowest BCUT2D eigenvalue weighted by molar-refractivity contribution is 0.657. The minimum Gasteiger partial charge on any atom is -0.453 e. The van der Waals surface area contributed by atoms with Gasteiger partial charge in [0.2, 0.25) is 0 Å². The molecule has 0 atom stereocenters. The van der Waals surface area contributed by atoms with Gasteiger partial charge in [-0.2, -0.15) is 0 Å². The van der Waals surface area contributed by atoms with Crippen molar-refractivity contribution in [3.05, 3.63) is 104 Å². The van der Waals surface area contributed by atoms with E-state index < -0.39 is 0 Å². The van der Waals surface area contributed by atoms with Gasteiger partial charge in [-0.25, -0.2) is 0 Å². The number of H-pyrrole nitrogens is 1. The van der Waals surface area contributed by atoms with Crippen molar-refractivity contribution in [1.29, 1.82) is 0 Å². The van der Waals surface area contributed by atoms with Crippen LogP contribution in [-0.2, 0) is 0 Å². The Bertz CT molecular complexity index is 1800. The van der Waals surface area contributed by atoms with Crippen LogP contribution in [0.3, 0.4) is 0 Å². The van der Waals surface area contributed by atoms with Crippen LogP contribution < -0.4 is 16.2 Å². The molecule has 0 bridgehead atoms. The SMILES string of the molecule is O=c1c2ccccc2c(=O)c2c1c(Nc1ccccc1)cc1oc3cc(Cl)ccc3[nH]c12. The van der Waals surface area contributed by atoms with Crippen molar-refractivity contribution in [1.82, 2.24) is 4.98 Å². The zero-order chi connectivity index (χ0) is 21.8. The summed E-state index contributed by atoms with van der Waals surface area (Å²) >= 11 is 6.14. The van der Waals surface area contributed by atoms with Gasteiger partial charge < -0.3 is 14.7 Å². The van der Waals surface area contributed by atoms with E-state index in [1.165, 1.54) is 0 Å². The van der Waals surface area contributed by atoms with E-state index in [9.17, 15) is 9.59 Å². The number of hydrogen-bond donors (Lipinski definition) is 2. The van der Waals surface area contributed by atoms with E-state index in [1.54, 1.807) is 48.5 Å². The lowest BCUT2D eigenvalue weighted by Crippen LogP contribution is -2.15. The van der Waals surface area contributed by atoms with Gasteiger partial charge in [0.15, 0.2) is 22.0 Å². The number of aromatic amines is 1. The molecule has 0 amide bonds. The van der Waals surface area contributed by atoms with Gasteiger partial charge in [0.1, 0.15) is 0 Å². The molecule has 32 heavy (non-hydrogen) atoms. The van der Waals surface area contributed by atoms with Crippen molar-refractivity contribution < 1.29 is 4.42 Å². The maximum Gasteiger partial charge on any atom is 0.196 e. The van der Waals surface area contributed by atoms with Crippen LogP contribution in [0.1, 0.15) is 0 Å². The van der Waals surface area contributed by atoms with E-state index in [-0.39, 0.29) is 10.9 Å². The highest BCUT2D eigenvalue weighted by molar-refractivity contribution is 6.31. The molecule has 0 unspecified atom stereocenters. The average Bonchev–Trinajstić information content (AvgIpc) is 2.81. The summed E-state index contributed by atoms with van der Waals surface area (Å²) in [5.41, 5.74) is 3.00. The molecule has 0 aliphatic rings. The molecule has 0 aliphatic carbocycles. The summed E-state index contributed by atoms with van der Waals surface area (Å²) < 4.78 is 6.12. The largest absolute Gasteiger partial charge is 0.453 e. The van der Waals surface area contributed by atoms with E-state index in [0.29, 0.717) is 54.5 Å². The van der Waals surface area contributed by atoms with Crippen LogP contribution in [0.5, 0.6) is 0 Å². The molecule has 154 valence electrons. The van der Waals surface area contributed by atoms with Crippen LogP contribution >= 0.6 is 11.6 Å². The Kier molecular flexibility index (Phi) is 4.06. The molecule has 5 nitrogen and oxygen atoms in total. The molecule has 0 aliphatic heterocycles. The Labute approximate surface area is 185 Å². The number of aromatic nitrogens is 1. The summed E-state index contributed by atoms with van der Waals surface area (Å²) in [6.45, 7) is 0. The van der Waals surface area contributed by atoms with E-state index in [0.717, 1.165) is 5.69 Å². The molecule has 0 saturated carbocycles. The highest BCUT2D eigenvalue weighted by atomic mass is 35.5. The van der Waals surface area contributed by atoms with Gasteiger partial charge in [-0.05, 0) is 24.3 Å². The maximum atomic E-state index is 13.6. The summed E-state index contributed by atoms with van der Waals surface area (Å²) in [6, 6.07) is 23.3. The van der Waals surface area contributed by atoms with Crippen molar-refractivity contribution >= 4 is 66.7 Å². The van der Waals surface area contributed by atoms with Crippen molar-refractivity contribution in [3.8, 4) is 0 Å². The molecule has 6 heteroatoms. The average molecular weight is 439 g/mol. The van der Waals surface area contributed by atoms with Gasteiger partial charge >= 0.3 is 0 Å². The van der Waals surface area contributed by atoms with Crippen molar-refractivity contribution in [3.63, 3.8) is 0 Å². The smallest absolute Gasteiger partial charge is 0.196 e. The third kappa shape index (κ3) is 2.79. The van der Waals surface area contributed by atoms with Gasteiger partial charge in [0.25, 0.3) is 0 Å². The number of fused-ring (bicyclic) bond motifs is 5. The molecule has 6 rings (SSSR count). The number of halogens is 1. The third-order valence-electron chi connectivity index (χ3n) is 5.64. The first kappa shape index (κ1) is 18.7. The summed E-state index contributed by atoms with van der Waals surface area (Å²) in [4.78, 5) is 30.4. The number of benzene rings is 5. The highest BCUT2D eigenvalue weighted by Gasteiger charge is 2.19. The quantitative estimate of drug-likeness (QED) is 0.244. The first-order chi connectivity index (χ1) is 15.6. The van der Waals surface area contributed by atoms with Crippen LogP contribution in [0.2, 0.25) is 5.02 Å². The Morgan fingerprint density at radius 2 is 1.44 bits per heavy atom. The molecular formula is C26H15ClN2O3. The molecule has 1 aromatic heterocycles. The van der Waals surface area contributed by atoms with Crippen molar-refractivity contribution in [2.24, 2.45) is 0 Å². The zero-order valence-electron chi connectivity index (χ0n) is 16.6. The topological polar surface area (TPSA) is 75.1 Å². The van der Waals surface area contributed by atoms with Crippen LogP contribution in [0.4, 0.5) is 11.4 Å². The molecule has 1 heterocycles. The molecule has 0 fully saturated rings. The van der Waals surface area contributed by atoms with E-state index >= 15 is 0 Å². The van der Waals surface area contributed by atoms with E-state index in [2.05, 4.69) is 10.3 Å². The second-order valence-corrected chi connectivity index (χ2v) is 8.05. The van der Waals surface area contributed by atoms with E-state index in [4.69, 9.17) is 16.0 Å². The molecule has 0 radical (unpaired) electrons. The number of nitrogens with one attached hydrogen (secondary N) is 2. The first-order valence-electron chi connectivity index (χ1n) is 10.1. The lowest BCUT2D eigenvalue weighted by atomic mass is 9.99. The highest BCUT2D eigenvalue weighted by Crippen LogP contribution is 2.33. The molecular weight excluding hydrogens is 424 g/mol. The minimum atomic E-state index is -0.225. The van der Waals surface area contributed by atoms with Gasteiger partial charge in [-0.1, -0.05) is 54.1 Å². The first-order valence-corrected chi connectivity index (χ1v) is 10.4. The fourth-order valence-corrected chi connectivity index (χ4v) is 4.35. The van der Waals surface area contributed by atoms with Gasteiger partial charge in [-0.3, -0.25) is 9.59 Å². The molecule has 0 spiro atoms. The third-order valence-corrected chi connectivity index (χ3v) is 5.87. The maximum absolute atomic E-state index is 13.6. The van der Waals surface area contributed by atoms with Crippen molar-refractivity contribution in [2.45, 2.75) is 0 Å². The van der Waals surface area contributed by atoms with Gasteiger partial charge in [-0.15, -0.1) is 0 Å². The fraction of sp³-hybridized carbons (Fsp3) is 0. The van der Waals surface area contributed by atoms with Crippen LogP contribution in [0.25, 0.3) is 43.7 Å². The number of rotatable bonds is 2. The standard InChI is InChI=1S/C26H15ClN2O3/c27-14-10-11-18-20(12-14)32-21-13-19(28-15-6-2-1-3-7-15)22-23(24(21)29-18)26(31)17-9-5-4-8-16(17)25(22)30/h1-13,28-29H. The fourth-order valence-electron chi connectivity index (χ4n) is 4.19. The van der Waals surface area contributed by atoms with E-state index in [1.807, 2.05) is 30.3 Å². The predicted octanol–water partition coefficient (Wildman–Crippen LogP) is 6.34. The Morgan fingerprint density at radius 1 is 0.750 bits per heavy atom. The Hall–Kier alpha value is -4.09. The Morgan fingerprint density at radius 3 is 2.19 bits per heavy atom. The minimum absolute atomic E-state index is 0.208. The molecule has 5 aromatic carbocycles. The molecule has 6 aromatic rings. The predicted molar refractivity (Wildman–Crippen MR) is 130 cm³/mol. The monoisotopic (exact) mass is 438 g/mol. The zero-order valence-corrected chi connectivity index (χ0v) is 17.4. The summed E-state index contributed by atoms with van der Waals surface area (Å²) in [5, 5.41) is 5.23. The number of para-hydroxylation sites is 1. The Balaban J connectivity index is 1.83. The van der Waals surface area contributed by atoms with Crippen LogP contribution in [-0.4, -0.2) is 4.98 Å². The van der Waals surface area contributed by atoms with Crippen LogP contribution in [0.15, 0.2) is 92.9 Å². The summed E-state index contributed by atoms with van der Waals surface area (Å²) in [6.07, 6.45) is 0. The number of hydrogen-bond acceptors (Lipinski definition) is 4. The van der Waals surface area contributed by atoms with Gasteiger partial charge in [0, 0.05) is 33.6 Å². The molecule has 0 saturated heterocycles. The van der Waals surface area contributed by atoms with Crippen molar-refractivity contribution in [2.75, 3.05) is 5.32 Å². The number of anilines is 2. The molecule has 2 N–H and O–H groups in total. The summed E-state index contributed by atoms with van der Waals surface area (Å²) in [7, 11) is 0.